The van der Waals surface area contributed by atoms with Gasteiger partial charge in [-0.2, -0.15) is 5.26 Å². The molecule has 17 heavy (non-hydrogen) atoms. The van der Waals surface area contributed by atoms with Crippen LogP contribution in [0.4, 0.5) is 0 Å². The first kappa shape index (κ1) is 11.9. The van der Waals surface area contributed by atoms with E-state index in [0.717, 1.165) is 31.7 Å². The van der Waals surface area contributed by atoms with Crippen molar-refractivity contribution < 1.29 is 4.74 Å². The van der Waals surface area contributed by atoms with Gasteiger partial charge < -0.3 is 4.74 Å². The first-order valence-electron chi connectivity index (χ1n) is 6.06. The van der Waals surface area contributed by atoms with Crippen LogP contribution >= 0.6 is 0 Å². The number of hydrogen-bond acceptors (Lipinski definition) is 3. The van der Waals surface area contributed by atoms with Gasteiger partial charge in [0.05, 0.1) is 19.7 Å². The summed E-state index contributed by atoms with van der Waals surface area (Å²) in [6, 6.07) is 10.6. The SMILES string of the molecule is COc1ccc(C2CCN(CC#N)CC2)cc1. The lowest BCUT2D eigenvalue weighted by Crippen LogP contribution is -2.33. The zero-order valence-electron chi connectivity index (χ0n) is 10.2. The molecule has 1 fully saturated rings. The summed E-state index contributed by atoms with van der Waals surface area (Å²) in [7, 11) is 1.69. The molecule has 0 aromatic heterocycles. The van der Waals surface area contributed by atoms with E-state index < -0.39 is 0 Å². The van der Waals surface area contributed by atoms with Crippen LogP contribution in [-0.4, -0.2) is 31.6 Å². The standard InChI is InChI=1S/C14H18N2O/c1-17-14-4-2-12(3-5-14)13-6-9-16(10-7-13)11-8-15/h2-5,13H,6-7,9-11H2,1H3. The Hall–Kier alpha value is -1.53. The van der Waals surface area contributed by atoms with Gasteiger partial charge in [0.1, 0.15) is 5.75 Å². The molecule has 0 radical (unpaired) electrons. The first-order chi connectivity index (χ1) is 8.33. The Morgan fingerprint density at radius 2 is 1.94 bits per heavy atom. The highest BCUT2D eigenvalue weighted by Crippen LogP contribution is 2.28. The topological polar surface area (TPSA) is 36.3 Å². The van der Waals surface area contributed by atoms with Crippen molar-refractivity contribution in [1.82, 2.24) is 4.90 Å². The summed E-state index contributed by atoms with van der Waals surface area (Å²) in [6.07, 6.45) is 2.29. The van der Waals surface area contributed by atoms with Gasteiger partial charge in [-0.05, 0) is 49.5 Å². The molecule has 1 aromatic rings. The number of benzene rings is 1. The number of likely N-dealkylation sites (tertiary alicyclic amines) is 1. The van der Waals surface area contributed by atoms with Gasteiger partial charge in [0.2, 0.25) is 0 Å². The van der Waals surface area contributed by atoms with E-state index in [-0.39, 0.29) is 0 Å². The molecule has 3 nitrogen and oxygen atoms in total. The van der Waals surface area contributed by atoms with E-state index in [1.54, 1.807) is 7.11 Å². The lowest BCUT2D eigenvalue weighted by molar-refractivity contribution is 0.235. The molecule has 90 valence electrons. The van der Waals surface area contributed by atoms with Gasteiger partial charge in [-0.1, -0.05) is 12.1 Å². The van der Waals surface area contributed by atoms with Crippen molar-refractivity contribution in [3.63, 3.8) is 0 Å². The van der Waals surface area contributed by atoms with Crippen LogP contribution in [-0.2, 0) is 0 Å². The third-order valence-electron chi connectivity index (χ3n) is 3.47. The molecule has 0 amide bonds. The zero-order chi connectivity index (χ0) is 12.1. The first-order valence-corrected chi connectivity index (χ1v) is 6.06. The van der Waals surface area contributed by atoms with Crippen molar-refractivity contribution in [1.29, 1.82) is 5.26 Å². The Kier molecular flexibility index (Phi) is 4.00. The smallest absolute Gasteiger partial charge is 0.118 e. The molecule has 0 atom stereocenters. The minimum atomic E-state index is 0.565. The second kappa shape index (κ2) is 5.70. The fraction of sp³-hybridized carbons (Fsp3) is 0.500. The van der Waals surface area contributed by atoms with Crippen molar-refractivity contribution >= 4 is 0 Å². The molecular weight excluding hydrogens is 212 g/mol. The number of ether oxygens (including phenoxy) is 1. The average Bonchev–Trinajstić information content (AvgIpc) is 2.40. The molecule has 1 saturated heterocycles. The normalized spacial score (nSPS) is 17.6. The van der Waals surface area contributed by atoms with Gasteiger partial charge in [0.15, 0.2) is 0 Å². The van der Waals surface area contributed by atoms with Crippen LogP contribution in [0.2, 0.25) is 0 Å². The largest absolute Gasteiger partial charge is 0.497 e. The number of nitrogens with zero attached hydrogens (tertiary/aromatic N) is 2. The molecule has 0 N–H and O–H groups in total. The Labute approximate surface area is 103 Å². The summed E-state index contributed by atoms with van der Waals surface area (Å²) in [5.74, 6) is 1.55. The fourth-order valence-corrected chi connectivity index (χ4v) is 2.40. The minimum Gasteiger partial charge on any atom is -0.497 e. The average molecular weight is 230 g/mol. The minimum absolute atomic E-state index is 0.565. The van der Waals surface area contributed by atoms with Gasteiger partial charge in [0, 0.05) is 0 Å². The van der Waals surface area contributed by atoms with E-state index in [1.807, 2.05) is 12.1 Å². The molecule has 1 heterocycles. The summed E-state index contributed by atoms with van der Waals surface area (Å²) in [5.41, 5.74) is 1.39. The molecule has 0 unspecified atom stereocenters. The van der Waals surface area contributed by atoms with E-state index in [0.29, 0.717) is 12.5 Å². The second-order valence-electron chi connectivity index (χ2n) is 4.48. The molecule has 1 aliphatic heterocycles. The van der Waals surface area contributed by atoms with Gasteiger partial charge >= 0.3 is 0 Å². The van der Waals surface area contributed by atoms with Crippen LogP contribution < -0.4 is 4.74 Å². The van der Waals surface area contributed by atoms with Crippen LogP contribution in [0.5, 0.6) is 5.75 Å². The predicted octanol–water partition coefficient (Wildman–Crippen LogP) is 2.40. The molecule has 3 heteroatoms. The molecule has 0 bridgehead atoms. The zero-order valence-corrected chi connectivity index (χ0v) is 10.2. The predicted molar refractivity (Wildman–Crippen MR) is 67.0 cm³/mol. The molecular formula is C14H18N2O. The Morgan fingerprint density at radius 1 is 1.29 bits per heavy atom. The third-order valence-corrected chi connectivity index (χ3v) is 3.47. The maximum Gasteiger partial charge on any atom is 0.118 e. The third kappa shape index (κ3) is 2.98. The fourth-order valence-electron chi connectivity index (χ4n) is 2.40. The lowest BCUT2D eigenvalue weighted by atomic mass is 9.89. The molecule has 0 spiro atoms. The Morgan fingerprint density at radius 3 is 2.47 bits per heavy atom. The Bertz CT molecular complexity index is 386. The van der Waals surface area contributed by atoms with Crippen LogP contribution in [0.1, 0.15) is 24.3 Å². The van der Waals surface area contributed by atoms with Crippen LogP contribution in [0, 0.1) is 11.3 Å². The van der Waals surface area contributed by atoms with E-state index in [2.05, 4.69) is 23.1 Å². The van der Waals surface area contributed by atoms with Crippen molar-refractivity contribution in [2.75, 3.05) is 26.7 Å². The van der Waals surface area contributed by atoms with Crippen molar-refractivity contribution in [3.05, 3.63) is 29.8 Å². The van der Waals surface area contributed by atoms with E-state index in [4.69, 9.17) is 10.00 Å². The van der Waals surface area contributed by atoms with Crippen LogP contribution in [0.25, 0.3) is 0 Å². The van der Waals surface area contributed by atoms with Crippen molar-refractivity contribution in [2.24, 2.45) is 0 Å². The summed E-state index contributed by atoms with van der Waals surface area (Å²) in [4.78, 5) is 2.22. The number of nitriles is 1. The highest BCUT2D eigenvalue weighted by molar-refractivity contribution is 5.29. The van der Waals surface area contributed by atoms with Gasteiger partial charge in [0.25, 0.3) is 0 Å². The van der Waals surface area contributed by atoms with Crippen LogP contribution in [0.15, 0.2) is 24.3 Å². The monoisotopic (exact) mass is 230 g/mol. The quantitative estimate of drug-likeness (QED) is 0.748. The van der Waals surface area contributed by atoms with E-state index in [9.17, 15) is 0 Å². The van der Waals surface area contributed by atoms with E-state index in [1.165, 1.54) is 5.56 Å². The van der Waals surface area contributed by atoms with E-state index >= 15 is 0 Å². The van der Waals surface area contributed by atoms with Crippen molar-refractivity contribution in [3.8, 4) is 11.8 Å². The van der Waals surface area contributed by atoms with Crippen LogP contribution in [0.3, 0.4) is 0 Å². The number of hydrogen-bond donors (Lipinski definition) is 0. The summed E-state index contributed by atoms with van der Waals surface area (Å²) in [6.45, 7) is 2.63. The summed E-state index contributed by atoms with van der Waals surface area (Å²) >= 11 is 0. The van der Waals surface area contributed by atoms with Gasteiger partial charge in [-0.15, -0.1) is 0 Å². The summed E-state index contributed by atoms with van der Waals surface area (Å²) < 4.78 is 5.16. The number of rotatable bonds is 3. The molecule has 2 rings (SSSR count). The molecule has 0 aliphatic carbocycles. The maximum atomic E-state index is 8.65. The number of methoxy groups -OCH3 is 1. The van der Waals surface area contributed by atoms with Crippen molar-refractivity contribution in [2.45, 2.75) is 18.8 Å². The second-order valence-corrected chi connectivity index (χ2v) is 4.48. The summed E-state index contributed by atoms with van der Waals surface area (Å²) in [5, 5.41) is 8.65. The molecule has 1 aliphatic rings. The molecule has 0 saturated carbocycles. The lowest BCUT2D eigenvalue weighted by Gasteiger charge is -2.30. The highest BCUT2D eigenvalue weighted by atomic mass is 16.5. The molecule has 1 aromatic carbocycles. The number of piperidine rings is 1. The highest BCUT2D eigenvalue weighted by Gasteiger charge is 2.19. The Balaban J connectivity index is 1.93. The van der Waals surface area contributed by atoms with Gasteiger partial charge in [-0.3, -0.25) is 4.90 Å². The maximum absolute atomic E-state index is 8.65. The van der Waals surface area contributed by atoms with Gasteiger partial charge in [-0.25, -0.2) is 0 Å².